The lowest BCUT2D eigenvalue weighted by Crippen LogP contribution is -2.22. The second-order valence-corrected chi connectivity index (χ2v) is 8.54. The number of aryl methyl sites for hydroxylation is 1. The van der Waals surface area contributed by atoms with Crippen molar-refractivity contribution in [3.05, 3.63) is 99.6 Å². The van der Waals surface area contributed by atoms with E-state index in [1.165, 1.54) is 6.33 Å². The molecule has 36 heavy (non-hydrogen) atoms. The number of carbonyl (C=O) groups excluding carboxylic acids is 2. The standard InChI is InChI=1S/C26H24N6O4/c1-16-12-21(22(33)14-36-26(35)19-10-11-23-28-27-15-30(23)13-19)17(2)31(16)24-18(3)29(4)32(25(24)34)20-8-6-5-7-9-20/h5-13,15H,14H2,1-4H3. The zero-order valence-electron chi connectivity index (χ0n) is 20.3. The van der Waals surface area contributed by atoms with Gasteiger partial charge in [0.15, 0.2) is 12.3 Å². The van der Waals surface area contributed by atoms with Gasteiger partial charge in [-0.15, -0.1) is 10.2 Å². The Morgan fingerprint density at radius 2 is 1.75 bits per heavy atom. The van der Waals surface area contributed by atoms with Crippen LogP contribution in [-0.4, -0.2) is 46.9 Å². The highest BCUT2D eigenvalue weighted by Crippen LogP contribution is 2.23. The van der Waals surface area contributed by atoms with Gasteiger partial charge in [0.05, 0.1) is 16.9 Å². The van der Waals surface area contributed by atoms with Crippen LogP contribution in [-0.2, 0) is 11.8 Å². The summed E-state index contributed by atoms with van der Waals surface area (Å²) in [6, 6.07) is 14.3. The number of hydrogen-bond donors (Lipinski definition) is 0. The molecular formula is C26H24N6O4. The van der Waals surface area contributed by atoms with E-state index in [-0.39, 0.29) is 16.9 Å². The molecule has 0 unspecified atom stereocenters. The molecule has 5 aromatic rings. The molecule has 182 valence electrons. The van der Waals surface area contributed by atoms with Crippen LogP contribution >= 0.6 is 0 Å². The zero-order chi connectivity index (χ0) is 25.6. The van der Waals surface area contributed by atoms with Crippen LogP contribution in [0.3, 0.4) is 0 Å². The van der Waals surface area contributed by atoms with E-state index in [0.717, 1.165) is 17.1 Å². The Bertz CT molecular complexity index is 1690. The summed E-state index contributed by atoms with van der Waals surface area (Å²) in [6.07, 6.45) is 3.02. The van der Waals surface area contributed by atoms with Crippen molar-refractivity contribution in [2.24, 2.45) is 7.05 Å². The maximum atomic E-state index is 13.5. The lowest BCUT2D eigenvalue weighted by atomic mass is 10.1. The maximum Gasteiger partial charge on any atom is 0.340 e. The number of nitrogens with zero attached hydrogens (tertiary/aromatic N) is 6. The highest BCUT2D eigenvalue weighted by Gasteiger charge is 2.24. The average Bonchev–Trinajstić information content (AvgIpc) is 3.52. The summed E-state index contributed by atoms with van der Waals surface area (Å²) in [5, 5.41) is 7.67. The van der Waals surface area contributed by atoms with Gasteiger partial charge in [-0.3, -0.25) is 18.7 Å². The SMILES string of the molecule is Cc1cc(C(=O)COC(=O)c2ccc3nncn3c2)c(C)n1-c1c(C)n(C)n(-c2ccccc2)c1=O. The Hall–Kier alpha value is -4.73. The highest BCUT2D eigenvalue weighted by atomic mass is 16.5. The van der Waals surface area contributed by atoms with E-state index in [2.05, 4.69) is 10.2 Å². The van der Waals surface area contributed by atoms with Gasteiger partial charge in [-0.05, 0) is 51.1 Å². The second kappa shape index (κ2) is 8.81. The first kappa shape index (κ1) is 23.0. The molecule has 0 aliphatic heterocycles. The predicted octanol–water partition coefficient (Wildman–Crippen LogP) is 2.97. The van der Waals surface area contributed by atoms with Crippen LogP contribution in [0.1, 0.15) is 37.8 Å². The predicted molar refractivity (Wildman–Crippen MR) is 132 cm³/mol. The number of benzene rings is 1. The van der Waals surface area contributed by atoms with Gasteiger partial charge in [0.1, 0.15) is 12.0 Å². The number of aromatic nitrogens is 6. The summed E-state index contributed by atoms with van der Waals surface area (Å²) in [6.45, 7) is 5.06. The van der Waals surface area contributed by atoms with E-state index in [4.69, 9.17) is 4.74 Å². The summed E-state index contributed by atoms with van der Waals surface area (Å²) >= 11 is 0. The first-order valence-electron chi connectivity index (χ1n) is 11.3. The molecule has 4 heterocycles. The molecule has 0 spiro atoms. The van der Waals surface area contributed by atoms with Gasteiger partial charge in [0, 0.05) is 30.2 Å². The molecule has 0 bridgehead atoms. The Balaban J connectivity index is 1.43. The second-order valence-electron chi connectivity index (χ2n) is 8.54. The molecule has 0 amide bonds. The smallest absolute Gasteiger partial charge is 0.340 e. The summed E-state index contributed by atoms with van der Waals surface area (Å²) in [5.41, 5.74) is 4.36. The molecule has 0 saturated carbocycles. The fourth-order valence-corrected chi connectivity index (χ4v) is 4.44. The van der Waals surface area contributed by atoms with Crippen LogP contribution in [0.4, 0.5) is 0 Å². The number of hydrogen-bond acceptors (Lipinski definition) is 6. The van der Waals surface area contributed by atoms with Crippen LogP contribution in [0.15, 0.2) is 65.8 Å². The minimum absolute atomic E-state index is 0.196. The number of carbonyl (C=O) groups is 2. The van der Waals surface area contributed by atoms with Crippen molar-refractivity contribution < 1.29 is 14.3 Å². The van der Waals surface area contributed by atoms with Crippen molar-refractivity contribution in [2.75, 3.05) is 6.61 Å². The van der Waals surface area contributed by atoms with Crippen LogP contribution in [0.2, 0.25) is 0 Å². The number of ether oxygens (including phenoxy) is 1. The topological polar surface area (TPSA) is 105 Å². The van der Waals surface area contributed by atoms with Gasteiger partial charge in [-0.2, -0.15) is 0 Å². The third-order valence-electron chi connectivity index (χ3n) is 6.34. The summed E-state index contributed by atoms with van der Waals surface area (Å²) in [4.78, 5) is 39.0. The number of pyridine rings is 1. The summed E-state index contributed by atoms with van der Waals surface area (Å²) in [7, 11) is 1.82. The van der Waals surface area contributed by atoms with Gasteiger partial charge >= 0.3 is 5.97 Å². The van der Waals surface area contributed by atoms with Crippen molar-refractivity contribution in [1.29, 1.82) is 0 Å². The fraction of sp³-hybridized carbons (Fsp3) is 0.192. The first-order valence-corrected chi connectivity index (χ1v) is 11.3. The molecule has 0 aliphatic carbocycles. The van der Waals surface area contributed by atoms with Crippen LogP contribution < -0.4 is 5.56 Å². The van der Waals surface area contributed by atoms with E-state index in [1.807, 2.05) is 51.2 Å². The summed E-state index contributed by atoms with van der Waals surface area (Å²) in [5.74, 6) is -0.984. The van der Waals surface area contributed by atoms with Crippen LogP contribution in [0, 0.1) is 20.8 Å². The molecule has 0 saturated heterocycles. The normalized spacial score (nSPS) is 11.2. The Kier molecular flexibility index (Phi) is 5.63. The third-order valence-corrected chi connectivity index (χ3v) is 6.34. The lowest BCUT2D eigenvalue weighted by Gasteiger charge is -2.09. The molecule has 1 aromatic carbocycles. The molecule has 0 N–H and O–H groups in total. The summed E-state index contributed by atoms with van der Waals surface area (Å²) < 4.78 is 12.1. The van der Waals surface area contributed by atoms with Crippen molar-refractivity contribution >= 4 is 17.4 Å². The maximum absolute atomic E-state index is 13.5. The Labute approximate surface area is 206 Å². The highest BCUT2D eigenvalue weighted by molar-refractivity contribution is 6.00. The molecule has 10 nitrogen and oxygen atoms in total. The van der Waals surface area contributed by atoms with Gasteiger partial charge in [0.25, 0.3) is 5.56 Å². The molecule has 10 heteroatoms. The zero-order valence-corrected chi connectivity index (χ0v) is 20.3. The van der Waals surface area contributed by atoms with Gasteiger partial charge in [0.2, 0.25) is 5.78 Å². The monoisotopic (exact) mass is 484 g/mol. The van der Waals surface area contributed by atoms with Crippen LogP contribution in [0.5, 0.6) is 0 Å². The minimum Gasteiger partial charge on any atom is -0.454 e. The molecule has 0 fully saturated rings. The van der Waals surface area contributed by atoms with Gasteiger partial charge in [-0.25, -0.2) is 9.48 Å². The Morgan fingerprint density at radius 3 is 2.50 bits per heavy atom. The van der Waals surface area contributed by atoms with Gasteiger partial charge in [-0.1, -0.05) is 18.2 Å². The number of rotatable bonds is 6. The number of ketones is 1. The van der Waals surface area contributed by atoms with E-state index in [9.17, 15) is 14.4 Å². The van der Waals surface area contributed by atoms with Crippen molar-refractivity contribution in [2.45, 2.75) is 20.8 Å². The average molecular weight is 485 g/mol. The van der Waals surface area contributed by atoms with E-state index in [0.29, 0.717) is 22.6 Å². The van der Waals surface area contributed by atoms with E-state index < -0.39 is 12.6 Å². The van der Waals surface area contributed by atoms with E-state index in [1.54, 1.807) is 49.7 Å². The molecule has 0 aliphatic rings. The third kappa shape index (κ3) is 3.72. The van der Waals surface area contributed by atoms with Gasteiger partial charge < -0.3 is 9.30 Å². The molecule has 0 radical (unpaired) electrons. The quantitative estimate of drug-likeness (QED) is 0.271. The number of para-hydroxylation sites is 1. The van der Waals surface area contributed by atoms with Crippen LogP contribution in [0.25, 0.3) is 17.0 Å². The molecule has 5 rings (SSSR count). The van der Waals surface area contributed by atoms with Crippen molar-refractivity contribution in [3.63, 3.8) is 0 Å². The number of esters is 1. The Morgan fingerprint density at radius 1 is 1.00 bits per heavy atom. The number of Topliss-reactive ketones (excluding diaryl/α,β-unsaturated/α-hetero) is 1. The van der Waals surface area contributed by atoms with Crippen molar-refractivity contribution in [3.8, 4) is 11.4 Å². The number of fused-ring (bicyclic) bond motifs is 1. The molecular weight excluding hydrogens is 460 g/mol. The minimum atomic E-state index is -0.627. The van der Waals surface area contributed by atoms with E-state index >= 15 is 0 Å². The first-order chi connectivity index (χ1) is 17.3. The molecule has 4 aromatic heterocycles. The van der Waals surface area contributed by atoms with Crippen molar-refractivity contribution in [1.82, 2.24) is 28.5 Å². The lowest BCUT2D eigenvalue weighted by molar-refractivity contribution is 0.0474. The fourth-order valence-electron chi connectivity index (χ4n) is 4.44. The largest absolute Gasteiger partial charge is 0.454 e. The molecule has 0 atom stereocenters.